The van der Waals surface area contributed by atoms with Crippen molar-refractivity contribution in [2.45, 2.75) is 63.5 Å². The fourth-order valence-electron chi connectivity index (χ4n) is 3.46. The van der Waals surface area contributed by atoms with E-state index in [1.807, 2.05) is 12.3 Å². The number of piperidine rings is 1. The molecule has 1 aliphatic heterocycles. The quantitative estimate of drug-likeness (QED) is 0.819. The number of hydrogen-bond donors (Lipinski definition) is 0. The molecule has 0 spiro atoms. The van der Waals surface area contributed by atoms with Gasteiger partial charge in [-0.2, -0.15) is 0 Å². The smallest absolute Gasteiger partial charge is 0.230 e. The molecule has 1 atom stereocenters. The van der Waals surface area contributed by atoms with Gasteiger partial charge in [0, 0.05) is 23.9 Å². The SMILES string of the molecule is c1ccc(CC[C@@H]2CCCCN2Cc2nnc(C3CC3)o2)nc1. The molecule has 5 heteroatoms. The molecule has 23 heavy (non-hydrogen) atoms. The zero-order valence-corrected chi connectivity index (χ0v) is 13.5. The Morgan fingerprint density at radius 3 is 2.91 bits per heavy atom. The molecule has 2 fully saturated rings. The number of likely N-dealkylation sites (tertiary alicyclic amines) is 1. The first-order valence-electron chi connectivity index (χ1n) is 8.85. The van der Waals surface area contributed by atoms with Gasteiger partial charge in [-0.1, -0.05) is 12.5 Å². The molecule has 1 saturated heterocycles. The van der Waals surface area contributed by atoms with Crippen molar-refractivity contribution in [3.63, 3.8) is 0 Å². The summed E-state index contributed by atoms with van der Waals surface area (Å²) in [5.41, 5.74) is 1.19. The van der Waals surface area contributed by atoms with Gasteiger partial charge in [0.1, 0.15) is 0 Å². The number of nitrogens with zero attached hydrogens (tertiary/aromatic N) is 4. The van der Waals surface area contributed by atoms with Crippen molar-refractivity contribution < 1.29 is 4.42 Å². The molecule has 2 aliphatic rings. The van der Waals surface area contributed by atoms with Crippen molar-refractivity contribution in [2.75, 3.05) is 6.54 Å². The largest absolute Gasteiger partial charge is 0.424 e. The van der Waals surface area contributed by atoms with E-state index in [2.05, 4.69) is 32.2 Å². The summed E-state index contributed by atoms with van der Waals surface area (Å²) in [6.07, 6.45) is 10.3. The molecule has 3 heterocycles. The lowest BCUT2D eigenvalue weighted by molar-refractivity contribution is 0.120. The van der Waals surface area contributed by atoms with E-state index >= 15 is 0 Å². The molecular formula is C18H24N4O. The van der Waals surface area contributed by atoms with Gasteiger partial charge >= 0.3 is 0 Å². The summed E-state index contributed by atoms with van der Waals surface area (Å²) in [5.74, 6) is 2.18. The van der Waals surface area contributed by atoms with Crippen molar-refractivity contribution in [3.05, 3.63) is 41.9 Å². The molecule has 0 N–H and O–H groups in total. The topological polar surface area (TPSA) is 55.1 Å². The maximum Gasteiger partial charge on any atom is 0.230 e. The van der Waals surface area contributed by atoms with Crippen molar-refractivity contribution in [1.29, 1.82) is 0 Å². The first kappa shape index (κ1) is 14.8. The van der Waals surface area contributed by atoms with Gasteiger partial charge in [0.25, 0.3) is 0 Å². The Labute approximate surface area is 137 Å². The van der Waals surface area contributed by atoms with Crippen LogP contribution in [0.3, 0.4) is 0 Å². The van der Waals surface area contributed by atoms with E-state index in [0.717, 1.165) is 37.7 Å². The monoisotopic (exact) mass is 312 g/mol. The first-order chi connectivity index (χ1) is 11.4. The molecule has 1 saturated carbocycles. The predicted molar refractivity (Wildman–Crippen MR) is 86.9 cm³/mol. The second-order valence-electron chi connectivity index (χ2n) is 6.79. The van der Waals surface area contributed by atoms with Gasteiger partial charge in [-0.15, -0.1) is 10.2 Å². The molecule has 2 aromatic rings. The average Bonchev–Trinajstić information content (AvgIpc) is 3.35. The van der Waals surface area contributed by atoms with E-state index in [-0.39, 0.29) is 0 Å². The van der Waals surface area contributed by atoms with Crippen molar-refractivity contribution >= 4 is 0 Å². The van der Waals surface area contributed by atoms with Crippen LogP contribution in [-0.2, 0) is 13.0 Å². The zero-order valence-electron chi connectivity index (χ0n) is 13.5. The number of aryl methyl sites for hydroxylation is 1. The molecule has 122 valence electrons. The lowest BCUT2D eigenvalue weighted by atomic mass is 9.97. The minimum atomic E-state index is 0.539. The Balaban J connectivity index is 1.36. The van der Waals surface area contributed by atoms with E-state index in [9.17, 15) is 0 Å². The number of pyridine rings is 1. The maximum absolute atomic E-state index is 5.85. The third kappa shape index (κ3) is 3.78. The van der Waals surface area contributed by atoms with Crippen LogP contribution < -0.4 is 0 Å². The van der Waals surface area contributed by atoms with Gasteiger partial charge in [-0.3, -0.25) is 9.88 Å². The van der Waals surface area contributed by atoms with Crippen LogP contribution in [0, 0.1) is 0 Å². The minimum absolute atomic E-state index is 0.539. The molecule has 0 aromatic carbocycles. The van der Waals surface area contributed by atoms with Crippen LogP contribution in [0.5, 0.6) is 0 Å². The van der Waals surface area contributed by atoms with Crippen LogP contribution >= 0.6 is 0 Å². The Morgan fingerprint density at radius 1 is 1.13 bits per heavy atom. The molecule has 0 unspecified atom stereocenters. The molecular weight excluding hydrogens is 288 g/mol. The highest BCUT2D eigenvalue weighted by Crippen LogP contribution is 2.39. The summed E-state index contributed by atoms with van der Waals surface area (Å²) in [6, 6.07) is 6.76. The van der Waals surface area contributed by atoms with Crippen LogP contribution in [0.15, 0.2) is 28.8 Å². The van der Waals surface area contributed by atoms with Gasteiger partial charge in [-0.05, 0) is 57.2 Å². The Bertz CT molecular complexity index is 623. The maximum atomic E-state index is 5.85. The predicted octanol–water partition coefficient (Wildman–Crippen LogP) is 3.33. The Kier molecular flexibility index (Phi) is 4.37. The second kappa shape index (κ2) is 6.79. The summed E-state index contributed by atoms with van der Waals surface area (Å²) < 4.78 is 5.85. The zero-order chi connectivity index (χ0) is 15.5. The highest BCUT2D eigenvalue weighted by molar-refractivity contribution is 5.04. The van der Waals surface area contributed by atoms with Gasteiger partial charge in [0.05, 0.1) is 6.54 Å². The second-order valence-corrected chi connectivity index (χ2v) is 6.79. The lowest BCUT2D eigenvalue weighted by Crippen LogP contribution is -2.39. The van der Waals surface area contributed by atoms with Crippen LogP contribution in [0.2, 0.25) is 0 Å². The number of aromatic nitrogens is 3. The average molecular weight is 312 g/mol. The van der Waals surface area contributed by atoms with Crippen molar-refractivity contribution in [2.24, 2.45) is 0 Å². The summed E-state index contributed by atoms with van der Waals surface area (Å²) in [6.45, 7) is 1.93. The number of hydrogen-bond acceptors (Lipinski definition) is 5. The van der Waals surface area contributed by atoms with E-state index in [4.69, 9.17) is 4.42 Å². The van der Waals surface area contributed by atoms with Crippen LogP contribution in [0.4, 0.5) is 0 Å². The highest BCUT2D eigenvalue weighted by Gasteiger charge is 2.30. The van der Waals surface area contributed by atoms with Gasteiger partial charge in [0.15, 0.2) is 0 Å². The summed E-state index contributed by atoms with van der Waals surface area (Å²) in [4.78, 5) is 6.97. The van der Waals surface area contributed by atoms with Gasteiger partial charge in [0.2, 0.25) is 11.8 Å². The lowest BCUT2D eigenvalue weighted by Gasteiger charge is -2.34. The first-order valence-corrected chi connectivity index (χ1v) is 8.85. The van der Waals surface area contributed by atoms with Gasteiger partial charge < -0.3 is 4.42 Å². The summed E-state index contributed by atoms with van der Waals surface area (Å²) in [5, 5.41) is 8.46. The normalized spacial score (nSPS) is 22.3. The van der Waals surface area contributed by atoms with Crippen LogP contribution in [0.25, 0.3) is 0 Å². The van der Waals surface area contributed by atoms with Crippen molar-refractivity contribution in [3.8, 4) is 0 Å². The molecule has 4 rings (SSSR count). The minimum Gasteiger partial charge on any atom is -0.424 e. The van der Waals surface area contributed by atoms with Crippen molar-refractivity contribution in [1.82, 2.24) is 20.1 Å². The third-order valence-corrected chi connectivity index (χ3v) is 4.96. The van der Waals surface area contributed by atoms with E-state index in [1.54, 1.807) is 0 Å². The molecule has 0 bridgehead atoms. The molecule has 5 nitrogen and oxygen atoms in total. The third-order valence-electron chi connectivity index (χ3n) is 4.96. The Hall–Kier alpha value is -1.75. The standard InChI is InChI=1S/C18H24N4O/c1-3-11-19-15(5-1)9-10-16-6-2-4-12-22(16)13-17-20-21-18(23-17)14-7-8-14/h1,3,5,11,14,16H,2,4,6-10,12-13H2/t16-/m0/s1. The number of rotatable bonds is 6. The summed E-state index contributed by atoms with van der Waals surface area (Å²) in [7, 11) is 0. The van der Waals surface area contributed by atoms with E-state index in [1.165, 1.54) is 37.8 Å². The fourth-order valence-corrected chi connectivity index (χ4v) is 3.46. The van der Waals surface area contributed by atoms with E-state index in [0.29, 0.717) is 12.0 Å². The molecule has 0 amide bonds. The molecule has 1 aliphatic carbocycles. The molecule has 2 aromatic heterocycles. The highest BCUT2D eigenvalue weighted by atomic mass is 16.4. The molecule has 0 radical (unpaired) electrons. The fraction of sp³-hybridized carbons (Fsp3) is 0.611. The van der Waals surface area contributed by atoms with Crippen LogP contribution in [-0.4, -0.2) is 32.7 Å². The van der Waals surface area contributed by atoms with Gasteiger partial charge in [-0.25, -0.2) is 0 Å². The summed E-state index contributed by atoms with van der Waals surface area (Å²) >= 11 is 0. The van der Waals surface area contributed by atoms with Crippen LogP contribution in [0.1, 0.15) is 61.9 Å². The Morgan fingerprint density at radius 2 is 2.09 bits per heavy atom. The van der Waals surface area contributed by atoms with E-state index < -0.39 is 0 Å².